The Morgan fingerprint density at radius 2 is 1.71 bits per heavy atom. The molecular weight excluding hydrogens is 398 g/mol. The Bertz CT molecular complexity index is 1010. The number of nitrogens with zero attached hydrogens (tertiary/aromatic N) is 1. The lowest BCUT2D eigenvalue weighted by Crippen LogP contribution is -2.61. The van der Waals surface area contributed by atoms with Gasteiger partial charge in [-0.15, -0.1) is 0 Å². The molecule has 31 heavy (non-hydrogen) atoms. The molecule has 4 rings (SSSR count). The SMILES string of the molecule is COc1ccccc1[C@H](Cc1ccccn1)O[Si]1(C(C)(C)C)CCCc2ccccc21. The van der Waals surface area contributed by atoms with Crippen molar-refractivity contribution in [1.29, 1.82) is 0 Å². The van der Waals surface area contributed by atoms with E-state index in [1.165, 1.54) is 17.2 Å². The highest BCUT2D eigenvalue weighted by atomic mass is 28.4. The molecule has 1 aliphatic heterocycles. The average molecular weight is 432 g/mol. The molecule has 2 heterocycles. The summed E-state index contributed by atoms with van der Waals surface area (Å²) in [6.45, 7) is 7.09. The van der Waals surface area contributed by atoms with E-state index in [0.29, 0.717) is 0 Å². The molecule has 0 amide bonds. The number of aromatic nitrogens is 1. The van der Waals surface area contributed by atoms with Crippen LogP contribution in [-0.4, -0.2) is 20.4 Å². The monoisotopic (exact) mass is 431 g/mol. The smallest absolute Gasteiger partial charge is 0.230 e. The number of methoxy groups -OCH3 is 1. The van der Waals surface area contributed by atoms with Gasteiger partial charge in [0.1, 0.15) is 5.75 Å². The summed E-state index contributed by atoms with van der Waals surface area (Å²) in [5.41, 5.74) is 3.61. The first-order valence-corrected chi connectivity index (χ1v) is 13.4. The summed E-state index contributed by atoms with van der Waals surface area (Å²) in [6, 6.07) is 24.5. The van der Waals surface area contributed by atoms with Crippen molar-refractivity contribution >= 4 is 13.5 Å². The van der Waals surface area contributed by atoms with Crippen molar-refractivity contribution in [1.82, 2.24) is 4.98 Å². The van der Waals surface area contributed by atoms with E-state index in [-0.39, 0.29) is 11.1 Å². The Balaban J connectivity index is 1.83. The van der Waals surface area contributed by atoms with Crippen LogP contribution >= 0.6 is 0 Å². The quantitative estimate of drug-likeness (QED) is 0.449. The zero-order valence-corrected chi connectivity index (χ0v) is 20.1. The van der Waals surface area contributed by atoms with Crippen LogP contribution in [0, 0.1) is 0 Å². The van der Waals surface area contributed by atoms with Gasteiger partial charge < -0.3 is 9.16 Å². The summed E-state index contributed by atoms with van der Waals surface area (Å²) in [5, 5.41) is 1.53. The minimum Gasteiger partial charge on any atom is -0.496 e. The van der Waals surface area contributed by atoms with Gasteiger partial charge in [0.05, 0.1) is 13.2 Å². The Morgan fingerprint density at radius 3 is 2.45 bits per heavy atom. The van der Waals surface area contributed by atoms with Crippen molar-refractivity contribution in [3.63, 3.8) is 0 Å². The summed E-state index contributed by atoms with van der Waals surface area (Å²) in [4.78, 5) is 4.62. The Hall–Kier alpha value is -2.43. The normalized spacial score (nSPS) is 19.5. The van der Waals surface area contributed by atoms with E-state index < -0.39 is 8.32 Å². The number of hydrogen-bond acceptors (Lipinski definition) is 3. The van der Waals surface area contributed by atoms with Crippen LogP contribution in [0.1, 0.15) is 50.1 Å². The summed E-state index contributed by atoms with van der Waals surface area (Å²) < 4.78 is 13.2. The molecule has 3 nitrogen and oxygen atoms in total. The van der Waals surface area contributed by atoms with Crippen molar-refractivity contribution < 1.29 is 9.16 Å². The third-order valence-corrected chi connectivity index (χ3v) is 12.1. The first-order chi connectivity index (χ1) is 14.9. The van der Waals surface area contributed by atoms with Crippen molar-refractivity contribution in [3.05, 3.63) is 89.7 Å². The van der Waals surface area contributed by atoms with Gasteiger partial charge in [0.15, 0.2) is 0 Å². The summed E-state index contributed by atoms with van der Waals surface area (Å²) in [6.07, 6.45) is 4.81. The number of aryl methyl sites for hydroxylation is 1. The van der Waals surface area contributed by atoms with Gasteiger partial charge in [-0.25, -0.2) is 0 Å². The van der Waals surface area contributed by atoms with Crippen molar-refractivity contribution in [2.24, 2.45) is 0 Å². The molecule has 3 aromatic rings. The highest BCUT2D eigenvalue weighted by Gasteiger charge is 2.52. The van der Waals surface area contributed by atoms with Crippen LogP contribution in [0.3, 0.4) is 0 Å². The predicted molar refractivity (Wildman–Crippen MR) is 129 cm³/mol. The first-order valence-electron chi connectivity index (χ1n) is 11.2. The predicted octanol–water partition coefficient (Wildman–Crippen LogP) is 5.99. The fourth-order valence-corrected chi connectivity index (χ4v) is 9.86. The molecule has 0 aliphatic carbocycles. The molecule has 2 aromatic carbocycles. The van der Waals surface area contributed by atoms with Gasteiger partial charge in [0.2, 0.25) is 8.32 Å². The van der Waals surface area contributed by atoms with Gasteiger partial charge >= 0.3 is 0 Å². The third kappa shape index (κ3) is 4.32. The summed E-state index contributed by atoms with van der Waals surface area (Å²) >= 11 is 0. The molecule has 162 valence electrons. The molecule has 0 spiro atoms. The molecule has 4 heteroatoms. The van der Waals surface area contributed by atoms with Gasteiger partial charge in [-0.3, -0.25) is 4.98 Å². The van der Waals surface area contributed by atoms with E-state index in [2.05, 4.69) is 74.3 Å². The number of benzene rings is 2. The number of fused-ring (bicyclic) bond motifs is 1. The van der Waals surface area contributed by atoms with E-state index in [1.807, 2.05) is 24.4 Å². The van der Waals surface area contributed by atoms with E-state index in [9.17, 15) is 0 Å². The van der Waals surface area contributed by atoms with Crippen molar-refractivity contribution in [3.8, 4) is 5.75 Å². The second-order valence-electron chi connectivity index (χ2n) is 9.46. The zero-order chi connectivity index (χ0) is 21.9. The maximum absolute atomic E-state index is 7.42. The largest absolute Gasteiger partial charge is 0.496 e. The van der Waals surface area contributed by atoms with Gasteiger partial charge in [0, 0.05) is 23.9 Å². The Labute approximate surface area is 187 Å². The molecule has 1 unspecified atom stereocenters. The fraction of sp³-hybridized carbons (Fsp3) is 0.370. The van der Waals surface area contributed by atoms with Gasteiger partial charge in [-0.2, -0.15) is 0 Å². The van der Waals surface area contributed by atoms with E-state index in [1.54, 1.807) is 7.11 Å². The molecule has 0 fully saturated rings. The lowest BCUT2D eigenvalue weighted by Gasteiger charge is -2.48. The molecule has 1 aromatic heterocycles. The fourth-order valence-electron chi connectivity index (χ4n) is 4.97. The zero-order valence-electron chi connectivity index (χ0n) is 19.1. The van der Waals surface area contributed by atoms with Crippen LogP contribution in [0.15, 0.2) is 72.9 Å². The second kappa shape index (κ2) is 8.97. The van der Waals surface area contributed by atoms with Crippen LogP contribution in [0.4, 0.5) is 0 Å². The second-order valence-corrected chi connectivity index (χ2v) is 13.9. The van der Waals surface area contributed by atoms with Crippen LogP contribution in [0.25, 0.3) is 0 Å². The van der Waals surface area contributed by atoms with Gasteiger partial charge in [-0.1, -0.05) is 69.3 Å². The molecule has 0 saturated carbocycles. The van der Waals surface area contributed by atoms with Crippen molar-refractivity contribution in [2.75, 3.05) is 7.11 Å². The standard InChI is InChI=1S/C27H33NO2Si/c1-27(2,3)31(19-11-13-21-12-5-8-17-26(21)31)30-25(20-22-14-9-10-18-28-22)23-15-6-7-16-24(23)29-4/h5-10,12,14-18,25H,11,13,19-20H2,1-4H3/t25-,31?/m0/s1. The third-order valence-electron chi connectivity index (χ3n) is 6.59. The number of para-hydroxylation sites is 1. The van der Waals surface area contributed by atoms with Crippen molar-refractivity contribution in [2.45, 2.75) is 57.2 Å². The Kier molecular flexibility index (Phi) is 6.31. The molecule has 1 aliphatic rings. The van der Waals surface area contributed by atoms with E-state index >= 15 is 0 Å². The first kappa shape index (κ1) is 21.8. The maximum Gasteiger partial charge on any atom is 0.230 e. The number of hydrogen-bond donors (Lipinski definition) is 0. The Morgan fingerprint density at radius 1 is 0.968 bits per heavy atom. The van der Waals surface area contributed by atoms with Crippen LogP contribution in [0.2, 0.25) is 11.1 Å². The van der Waals surface area contributed by atoms with E-state index in [0.717, 1.165) is 35.9 Å². The number of ether oxygens (including phenoxy) is 1. The maximum atomic E-state index is 7.42. The minimum absolute atomic E-state index is 0.0634. The lowest BCUT2D eigenvalue weighted by molar-refractivity contribution is 0.177. The molecule has 2 atom stereocenters. The molecule has 0 N–H and O–H groups in total. The van der Waals surface area contributed by atoms with Gasteiger partial charge in [0.25, 0.3) is 0 Å². The number of rotatable bonds is 6. The number of pyridine rings is 1. The highest BCUT2D eigenvalue weighted by Crippen LogP contribution is 2.46. The molecular formula is C27H33NO2Si. The lowest BCUT2D eigenvalue weighted by atomic mass is 10.0. The molecule has 0 radical (unpaired) electrons. The summed E-state index contributed by atoms with van der Waals surface area (Å²) in [5.74, 6) is 0.880. The van der Waals surface area contributed by atoms with Crippen LogP contribution < -0.4 is 9.92 Å². The molecule has 0 bridgehead atoms. The minimum atomic E-state index is -2.32. The topological polar surface area (TPSA) is 31.4 Å². The average Bonchev–Trinajstić information content (AvgIpc) is 2.78. The highest BCUT2D eigenvalue weighted by molar-refractivity contribution is 6.89. The summed E-state index contributed by atoms with van der Waals surface area (Å²) in [7, 11) is -0.584. The molecule has 0 saturated heterocycles. The van der Waals surface area contributed by atoms with Crippen LogP contribution in [-0.2, 0) is 17.3 Å². The van der Waals surface area contributed by atoms with Crippen LogP contribution in [0.5, 0.6) is 5.75 Å². The van der Waals surface area contributed by atoms with E-state index in [4.69, 9.17) is 9.16 Å². The van der Waals surface area contributed by atoms with Gasteiger partial charge in [-0.05, 0) is 52.9 Å².